The lowest BCUT2D eigenvalue weighted by Gasteiger charge is -2.33. The number of piperidine rings is 1. The topological polar surface area (TPSA) is 42.9 Å². The summed E-state index contributed by atoms with van der Waals surface area (Å²) in [6.45, 7) is 10.5. The molecule has 2 fully saturated rings. The average Bonchev–Trinajstić information content (AvgIpc) is 3.20. The molecule has 29 heavy (non-hydrogen) atoms. The SMILES string of the molecule is CCCN1CCC(NC(=NC)NCC2CCN(CCc3ccccc3)C2)CC1.I. The summed E-state index contributed by atoms with van der Waals surface area (Å²) in [5.41, 5.74) is 1.44. The summed E-state index contributed by atoms with van der Waals surface area (Å²) in [7, 11) is 1.89. The smallest absolute Gasteiger partial charge is 0.191 e. The summed E-state index contributed by atoms with van der Waals surface area (Å²) in [6.07, 6.45) is 6.13. The van der Waals surface area contributed by atoms with Crippen molar-refractivity contribution >= 4 is 29.9 Å². The van der Waals surface area contributed by atoms with Gasteiger partial charge in [0.25, 0.3) is 0 Å². The van der Waals surface area contributed by atoms with Crippen molar-refractivity contribution in [3.05, 3.63) is 35.9 Å². The van der Waals surface area contributed by atoms with Crippen LogP contribution in [0, 0.1) is 5.92 Å². The molecule has 5 nitrogen and oxygen atoms in total. The van der Waals surface area contributed by atoms with Crippen LogP contribution in [0.4, 0.5) is 0 Å². The van der Waals surface area contributed by atoms with Gasteiger partial charge in [0.15, 0.2) is 5.96 Å². The van der Waals surface area contributed by atoms with Gasteiger partial charge in [0.05, 0.1) is 0 Å². The van der Waals surface area contributed by atoms with Crippen molar-refractivity contribution in [3.8, 4) is 0 Å². The molecule has 2 aliphatic rings. The van der Waals surface area contributed by atoms with Gasteiger partial charge < -0.3 is 20.4 Å². The quantitative estimate of drug-likeness (QED) is 0.319. The summed E-state index contributed by atoms with van der Waals surface area (Å²) < 4.78 is 0. The molecule has 0 saturated carbocycles. The first-order valence-corrected chi connectivity index (χ1v) is 11.2. The van der Waals surface area contributed by atoms with Crippen LogP contribution < -0.4 is 10.6 Å². The number of hydrogen-bond acceptors (Lipinski definition) is 3. The average molecular weight is 514 g/mol. The second-order valence-electron chi connectivity index (χ2n) is 8.40. The fraction of sp³-hybridized carbons (Fsp3) is 0.696. The van der Waals surface area contributed by atoms with Crippen LogP contribution in [-0.2, 0) is 6.42 Å². The van der Waals surface area contributed by atoms with Crippen LogP contribution in [0.5, 0.6) is 0 Å². The lowest BCUT2D eigenvalue weighted by molar-refractivity contribution is 0.206. The molecule has 0 aromatic heterocycles. The van der Waals surface area contributed by atoms with Crippen molar-refractivity contribution in [2.75, 3.05) is 52.9 Å². The lowest BCUT2D eigenvalue weighted by Crippen LogP contribution is -2.49. The van der Waals surface area contributed by atoms with E-state index in [4.69, 9.17) is 0 Å². The second kappa shape index (κ2) is 13.4. The second-order valence-corrected chi connectivity index (χ2v) is 8.40. The molecule has 2 saturated heterocycles. The Kier molecular flexibility index (Phi) is 11.3. The van der Waals surface area contributed by atoms with Crippen LogP contribution in [0.3, 0.4) is 0 Å². The number of benzene rings is 1. The Balaban J connectivity index is 0.00000300. The molecule has 2 aliphatic heterocycles. The van der Waals surface area contributed by atoms with E-state index in [1.807, 2.05) is 7.05 Å². The molecule has 6 heteroatoms. The number of rotatable bonds is 8. The minimum absolute atomic E-state index is 0. The normalized spacial score (nSPS) is 21.7. The van der Waals surface area contributed by atoms with Crippen LogP contribution >= 0.6 is 24.0 Å². The zero-order valence-corrected chi connectivity index (χ0v) is 20.6. The maximum atomic E-state index is 4.46. The summed E-state index contributed by atoms with van der Waals surface area (Å²) in [6, 6.07) is 11.4. The van der Waals surface area contributed by atoms with Crippen LogP contribution in [0.25, 0.3) is 0 Å². The minimum Gasteiger partial charge on any atom is -0.356 e. The van der Waals surface area contributed by atoms with Crippen molar-refractivity contribution in [3.63, 3.8) is 0 Å². The molecule has 1 atom stereocenters. The molecular formula is C23H40IN5. The first-order chi connectivity index (χ1) is 13.8. The molecule has 2 heterocycles. The number of nitrogens with zero attached hydrogens (tertiary/aromatic N) is 3. The third kappa shape index (κ3) is 8.42. The predicted octanol–water partition coefficient (Wildman–Crippen LogP) is 3.21. The number of halogens is 1. The predicted molar refractivity (Wildman–Crippen MR) is 134 cm³/mol. The van der Waals surface area contributed by atoms with Gasteiger partial charge in [0.1, 0.15) is 0 Å². The van der Waals surface area contributed by atoms with Gasteiger partial charge in [0.2, 0.25) is 0 Å². The highest BCUT2D eigenvalue weighted by Crippen LogP contribution is 2.16. The van der Waals surface area contributed by atoms with E-state index in [9.17, 15) is 0 Å². The Morgan fingerprint density at radius 2 is 1.76 bits per heavy atom. The van der Waals surface area contributed by atoms with E-state index >= 15 is 0 Å². The van der Waals surface area contributed by atoms with Crippen LogP contribution in [0.15, 0.2) is 35.3 Å². The van der Waals surface area contributed by atoms with E-state index in [2.05, 4.69) is 62.7 Å². The maximum Gasteiger partial charge on any atom is 0.191 e. The van der Waals surface area contributed by atoms with Crippen LogP contribution in [-0.4, -0.2) is 74.7 Å². The monoisotopic (exact) mass is 513 g/mol. The largest absolute Gasteiger partial charge is 0.356 e. The molecule has 1 unspecified atom stereocenters. The van der Waals surface area contributed by atoms with E-state index in [1.165, 1.54) is 70.5 Å². The highest BCUT2D eigenvalue weighted by Gasteiger charge is 2.23. The molecule has 0 bridgehead atoms. The number of guanidine groups is 1. The van der Waals surface area contributed by atoms with Crippen molar-refractivity contribution in [2.45, 2.75) is 45.1 Å². The summed E-state index contributed by atoms with van der Waals surface area (Å²) in [5, 5.41) is 7.24. The van der Waals surface area contributed by atoms with Gasteiger partial charge >= 0.3 is 0 Å². The van der Waals surface area contributed by atoms with E-state index in [1.54, 1.807) is 0 Å². The summed E-state index contributed by atoms with van der Waals surface area (Å²) in [5.74, 6) is 1.71. The highest BCUT2D eigenvalue weighted by atomic mass is 127. The third-order valence-corrected chi connectivity index (χ3v) is 6.18. The first-order valence-electron chi connectivity index (χ1n) is 11.2. The molecular weight excluding hydrogens is 473 g/mol. The molecule has 1 aromatic carbocycles. The fourth-order valence-corrected chi connectivity index (χ4v) is 4.46. The van der Waals surface area contributed by atoms with E-state index in [0.717, 1.165) is 24.8 Å². The van der Waals surface area contributed by atoms with Gasteiger partial charge in [-0.05, 0) is 56.7 Å². The first kappa shape index (κ1) is 24.4. The van der Waals surface area contributed by atoms with Crippen molar-refractivity contribution in [1.29, 1.82) is 0 Å². The molecule has 2 N–H and O–H groups in total. The lowest BCUT2D eigenvalue weighted by atomic mass is 10.1. The van der Waals surface area contributed by atoms with Gasteiger partial charge in [-0.2, -0.15) is 0 Å². The Bertz CT molecular complexity index is 586. The number of aliphatic imine (C=N–C) groups is 1. The molecule has 1 aromatic rings. The number of nitrogens with one attached hydrogen (secondary N) is 2. The Hall–Kier alpha value is -0.860. The van der Waals surface area contributed by atoms with Gasteiger partial charge in [-0.1, -0.05) is 37.3 Å². The third-order valence-electron chi connectivity index (χ3n) is 6.18. The zero-order chi connectivity index (χ0) is 19.6. The van der Waals surface area contributed by atoms with Gasteiger partial charge in [0, 0.05) is 45.8 Å². The molecule has 3 rings (SSSR count). The fourth-order valence-electron chi connectivity index (χ4n) is 4.46. The molecule has 0 aliphatic carbocycles. The number of hydrogen-bond donors (Lipinski definition) is 2. The van der Waals surface area contributed by atoms with Crippen LogP contribution in [0.1, 0.15) is 38.2 Å². The Labute approximate surface area is 194 Å². The van der Waals surface area contributed by atoms with Crippen molar-refractivity contribution in [2.24, 2.45) is 10.9 Å². The van der Waals surface area contributed by atoms with Crippen molar-refractivity contribution < 1.29 is 0 Å². The molecule has 0 amide bonds. The van der Waals surface area contributed by atoms with E-state index in [0.29, 0.717) is 6.04 Å². The summed E-state index contributed by atoms with van der Waals surface area (Å²) >= 11 is 0. The zero-order valence-electron chi connectivity index (χ0n) is 18.3. The van der Waals surface area contributed by atoms with Crippen molar-refractivity contribution in [1.82, 2.24) is 20.4 Å². The standard InChI is InChI=1S/C23H39N5.HI/c1-3-13-27-16-11-22(12-17-27)26-23(24-2)25-18-21-10-15-28(19-21)14-9-20-7-5-4-6-8-20;/h4-8,21-22H,3,9-19H2,1-2H3,(H2,24,25,26);1H. The Morgan fingerprint density at radius 1 is 1.03 bits per heavy atom. The van der Waals surface area contributed by atoms with E-state index < -0.39 is 0 Å². The van der Waals surface area contributed by atoms with E-state index in [-0.39, 0.29) is 24.0 Å². The van der Waals surface area contributed by atoms with Gasteiger partial charge in [-0.25, -0.2) is 0 Å². The minimum atomic E-state index is 0. The molecule has 164 valence electrons. The molecule has 0 spiro atoms. The van der Waals surface area contributed by atoms with Gasteiger partial charge in [-0.3, -0.25) is 4.99 Å². The van der Waals surface area contributed by atoms with Gasteiger partial charge in [-0.15, -0.1) is 24.0 Å². The Morgan fingerprint density at radius 3 is 2.45 bits per heavy atom. The highest BCUT2D eigenvalue weighted by molar-refractivity contribution is 14.0. The maximum absolute atomic E-state index is 4.46. The van der Waals surface area contributed by atoms with Crippen LogP contribution in [0.2, 0.25) is 0 Å². The summed E-state index contributed by atoms with van der Waals surface area (Å²) in [4.78, 5) is 9.65. The number of likely N-dealkylation sites (tertiary alicyclic amines) is 2. The molecule has 0 radical (unpaired) electrons.